The first-order valence-corrected chi connectivity index (χ1v) is 10.1. The molecule has 0 unspecified atom stereocenters. The molecule has 1 aromatic heterocycles. The Morgan fingerprint density at radius 1 is 1.12 bits per heavy atom. The third kappa shape index (κ3) is 3.77. The molecule has 130 valence electrons. The molecule has 0 aliphatic carbocycles. The summed E-state index contributed by atoms with van der Waals surface area (Å²) in [6, 6.07) is 8.65. The van der Waals surface area contributed by atoms with E-state index in [1.54, 1.807) is 39.9 Å². The van der Waals surface area contributed by atoms with E-state index >= 15 is 0 Å². The molecule has 24 heavy (non-hydrogen) atoms. The van der Waals surface area contributed by atoms with Gasteiger partial charge in [-0.3, -0.25) is 4.90 Å². The van der Waals surface area contributed by atoms with Crippen LogP contribution in [0, 0.1) is 0 Å². The monoisotopic (exact) mass is 366 g/mol. The van der Waals surface area contributed by atoms with Crippen molar-refractivity contribution >= 4 is 26.5 Å². The van der Waals surface area contributed by atoms with Crippen molar-refractivity contribution in [3.63, 3.8) is 0 Å². The molecule has 0 amide bonds. The lowest BCUT2D eigenvalue weighted by Crippen LogP contribution is -2.48. The van der Waals surface area contributed by atoms with Crippen molar-refractivity contribution in [1.29, 1.82) is 0 Å². The third-order valence-corrected chi connectivity index (χ3v) is 7.08. The van der Waals surface area contributed by atoms with E-state index in [0.29, 0.717) is 18.0 Å². The molecule has 1 aromatic carbocycles. The van der Waals surface area contributed by atoms with E-state index in [1.165, 1.54) is 4.88 Å². The van der Waals surface area contributed by atoms with Gasteiger partial charge in [0, 0.05) is 57.9 Å². The summed E-state index contributed by atoms with van der Waals surface area (Å²) in [4.78, 5) is 10.2. The van der Waals surface area contributed by atoms with E-state index in [-0.39, 0.29) is 0 Å². The lowest BCUT2D eigenvalue weighted by Gasteiger charge is -2.33. The first-order valence-electron chi connectivity index (χ1n) is 7.86. The predicted octanol–water partition coefficient (Wildman–Crippen LogP) is 1.72. The highest BCUT2D eigenvalue weighted by Gasteiger charge is 2.28. The zero-order chi connectivity index (χ0) is 17.2. The van der Waals surface area contributed by atoms with Gasteiger partial charge < -0.3 is 4.90 Å². The van der Waals surface area contributed by atoms with Gasteiger partial charge in [-0.1, -0.05) is 18.2 Å². The summed E-state index contributed by atoms with van der Waals surface area (Å²) < 4.78 is 26.8. The van der Waals surface area contributed by atoms with Crippen LogP contribution in [0.5, 0.6) is 0 Å². The van der Waals surface area contributed by atoms with Crippen LogP contribution >= 0.6 is 11.3 Å². The van der Waals surface area contributed by atoms with Gasteiger partial charge in [-0.25, -0.2) is 13.4 Å². The van der Waals surface area contributed by atoms with Gasteiger partial charge in [0.2, 0.25) is 10.0 Å². The van der Waals surface area contributed by atoms with Crippen LogP contribution < -0.4 is 4.90 Å². The van der Waals surface area contributed by atoms with Crippen LogP contribution in [0.4, 0.5) is 5.13 Å². The van der Waals surface area contributed by atoms with E-state index in [2.05, 4.69) is 9.88 Å². The number of aromatic nitrogens is 1. The summed E-state index contributed by atoms with van der Waals surface area (Å²) in [7, 11) is 0.589. The van der Waals surface area contributed by atoms with Gasteiger partial charge in [-0.2, -0.15) is 4.31 Å². The summed E-state index contributed by atoms with van der Waals surface area (Å²) in [5.41, 5.74) is 0. The highest BCUT2D eigenvalue weighted by Crippen LogP contribution is 2.23. The Kier molecular flexibility index (Phi) is 5.19. The van der Waals surface area contributed by atoms with Crippen LogP contribution in [0.2, 0.25) is 0 Å². The average Bonchev–Trinajstić information content (AvgIpc) is 3.05. The summed E-state index contributed by atoms with van der Waals surface area (Å²) in [6.45, 7) is 3.35. The van der Waals surface area contributed by atoms with E-state index in [1.807, 2.05) is 31.3 Å². The van der Waals surface area contributed by atoms with Gasteiger partial charge in [0.25, 0.3) is 0 Å². The first-order chi connectivity index (χ1) is 11.5. The number of hydrogen-bond donors (Lipinski definition) is 0. The van der Waals surface area contributed by atoms with E-state index < -0.39 is 10.0 Å². The molecule has 6 nitrogen and oxygen atoms in total. The van der Waals surface area contributed by atoms with Crippen LogP contribution in [0.25, 0.3) is 0 Å². The number of thiazole rings is 1. The molecule has 3 rings (SSSR count). The minimum Gasteiger partial charge on any atom is -0.354 e. The van der Waals surface area contributed by atoms with E-state index in [4.69, 9.17) is 0 Å². The molecule has 8 heteroatoms. The number of anilines is 1. The normalized spacial score (nSPS) is 17.1. The fourth-order valence-corrected chi connectivity index (χ4v) is 4.99. The van der Waals surface area contributed by atoms with Gasteiger partial charge in [0.05, 0.1) is 4.90 Å². The van der Waals surface area contributed by atoms with Gasteiger partial charge in [-0.05, 0) is 12.1 Å². The lowest BCUT2D eigenvalue weighted by atomic mass is 10.3. The van der Waals surface area contributed by atoms with Crippen LogP contribution in [-0.2, 0) is 16.6 Å². The second-order valence-electron chi connectivity index (χ2n) is 6.00. The Balaban J connectivity index is 1.59. The van der Waals surface area contributed by atoms with Gasteiger partial charge in [0.15, 0.2) is 5.13 Å². The van der Waals surface area contributed by atoms with Crippen molar-refractivity contribution in [3.05, 3.63) is 41.4 Å². The van der Waals surface area contributed by atoms with Crippen molar-refractivity contribution < 1.29 is 8.42 Å². The molecule has 1 fully saturated rings. The maximum absolute atomic E-state index is 12.6. The number of nitrogens with zero attached hydrogens (tertiary/aromatic N) is 4. The quantitative estimate of drug-likeness (QED) is 0.806. The number of benzene rings is 1. The molecular weight excluding hydrogens is 344 g/mol. The molecule has 0 radical (unpaired) electrons. The Morgan fingerprint density at radius 2 is 1.79 bits per heavy atom. The Morgan fingerprint density at radius 3 is 2.38 bits per heavy atom. The van der Waals surface area contributed by atoms with Crippen LogP contribution in [0.1, 0.15) is 4.88 Å². The smallest absolute Gasteiger partial charge is 0.243 e. The maximum Gasteiger partial charge on any atom is 0.243 e. The highest BCUT2D eigenvalue weighted by molar-refractivity contribution is 7.89. The predicted molar refractivity (Wildman–Crippen MR) is 96.9 cm³/mol. The average molecular weight is 367 g/mol. The van der Waals surface area contributed by atoms with Crippen molar-refractivity contribution in [2.24, 2.45) is 0 Å². The summed E-state index contributed by atoms with van der Waals surface area (Å²) in [5, 5.41) is 0.996. The molecule has 0 saturated carbocycles. The zero-order valence-electron chi connectivity index (χ0n) is 13.9. The van der Waals surface area contributed by atoms with Gasteiger partial charge in [-0.15, -0.1) is 11.3 Å². The van der Waals surface area contributed by atoms with Crippen LogP contribution in [0.3, 0.4) is 0 Å². The topological polar surface area (TPSA) is 56.8 Å². The van der Waals surface area contributed by atoms with E-state index in [0.717, 1.165) is 24.8 Å². The van der Waals surface area contributed by atoms with E-state index in [9.17, 15) is 8.42 Å². The molecular formula is C16H22N4O2S2. The standard InChI is InChI=1S/C16H22N4O2S2/c1-18(2)16-17-12-14(23-16)13-19-8-10-20(11-9-19)24(21,22)15-6-4-3-5-7-15/h3-7,12H,8-11,13H2,1-2H3. The fraction of sp³-hybridized carbons (Fsp3) is 0.438. The van der Waals surface area contributed by atoms with Crippen LogP contribution in [-0.4, -0.2) is 62.9 Å². The molecule has 2 heterocycles. The molecule has 1 aliphatic rings. The van der Waals surface area contributed by atoms with Gasteiger partial charge >= 0.3 is 0 Å². The number of rotatable bonds is 5. The molecule has 0 N–H and O–H groups in total. The summed E-state index contributed by atoms with van der Waals surface area (Å²) in [6.07, 6.45) is 1.91. The first kappa shape index (κ1) is 17.3. The minimum atomic E-state index is -3.38. The maximum atomic E-state index is 12.6. The second-order valence-corrected chi connectivity index (χ2v) is 9.03. The van der Waals surface area contributed by atoms with Crippen molar-refractivity contribution in [1.82, 2.24) is 14.2 Å². The SMILES string of the molecule is CN(C)c1ncc(CN2CCN(S(=O)(=O)c3ccccc3)CC2)s1. The van der Waals surface area contributed by atoms with Crippen molar-refractivity contribution in [2.45, 2.75) is 11.4 Å². The Bertz CT molecular complexity index is 766. The minimum absolute atomic E-state index is 0.372. The largest absolute Gasteiger partial charge is 0.354 e. The molecule has 1 aliphatic heterocycles. The number of sulfonamides is 1. The molecule has 2 aromatic rings. The van der Waals surface area contributed by atoms with Crippen LogP contribution in [0.15, 0.2) is 41.4 Å². The molecule has 0 spiro atoms. The fourth-order valence-electron chi connectivity index (χ4n) is 2.67. The number of piperazine rings is 1. The molecule has 0 bridgehead atoms. The number of hydrogen-bond acceptors (Lipinski definition) is 6. The Labute approximate surface area is 147 Å². The zero-order valence-corrected chi connectivity index (χ0v) is 15.6. The summed E-state index contributed by atoms with van der Waals surface area (Å²) >= 11 is 1.68. The lowest BCUT2D eigenvalue weighted by molar-refractivity contribution is 0.183. The highest BCUT2D eigenvalue weighted by atomic mass is 32.2. The molecule has 1 saturated heterocycles. The van der Waals surface area contributed by atoms with Gasteiger partial charge in [0.1, 0.15) is 0 Å². The third-order valence-electron chi connectivity index (χ3n) is 4.02. The van der Waals surface area contributed by atoms with Crippen molar-refractivity contribution in [3.8, 4) is 0 Å². The second kappa shape index (κ2) is 7.18. The summed E-state index contributed by atoms with van der Waals surface area (Å²) in [5.74, 6) is 0. The van der Waals surface area contributed by atoms with Crippen molar-refractivity contribution in [2.75, 3.05) is 45.2 Å². The Hall–Kier alpha value is -1.48. The molecule has 0 atom stereocenters.